The SMILES string of the molecule is CC(NCCN(C)C(C)C)c1ccc2[nH]c(=O)[nH]c2c1. The molecular weight excluding hydrogens is 252 g/mol. The predicted molar refractivity (Wildman–Crippen MR) is 83.1 cm³/mol. The van der Waals surface area contributed by atoms with Crippen molar-refractivity contribution in [3.63, 3.8) is 0 Å². The van der Waals surface area contributed by atoms with Gasteiger partial charge in [0.15, 0.2) is 0 Å². The zero-order valence-electron chi connectivity index (χ0n) is 12.7. The van der Waals surface area contributed by atoms with Gasteiger partial charge in [-0.15, -0.1) is 0 Å². The molecule has 1 unspecified atom stereocenters. The lowest BCUT2D eigenvalue weighted by Gasteiger charge is -2.22. The molecule has 0 fully saturated rings. The highest BCUT2D eigenvalue weighted by Crippen LogP contribution is 2.16. The van der Waals surface area contributed by atoms with Crippen LogP contribution in [-0.4, -0.2) is 41.0 Å². The number of aromatic amines is 2. The minimum absolute atomic E-state index is 0.156. The summed E-state index contributed by atoms with van der Waals surface area (Å²) in [4.78, 5) is 19.1. The minimum Gasteiger partial charge on any atom is -0.309 e. The molecule has 110 valence electrons. The highest BCUT2D eigenvalue weighted by Gasteiger charge is 2.08. The molecule has 0 bridgehead atoms. The Morgan fingerprint density at radius 3 is 2.60 bits per heavy atom. The van der Waals surface area contributed by atoms with Crippen LogP contribution in [0, 0.1) is 0 Å². The summed E-state index contributed by atoms with van der Waals surface area (Å²) in [6, 6.07) is 6.85. The number of rotatable bonds is 6. The molecule has 0 aliphatic rings. The van der Waals surface area contributed by atoms with Crippen LogP contribution in [0.3, 0.4) is 0 Å². The maximum atomic E-state index is 11.2. The Bertz CT molecular complexity index is 614. The van der Waals surface area contributed by atoms with Gasteiger partial charge < -0.3 is 20.2 Å². The zero-order chi connectivity index (χ0) is 14.7. The van der Waals surface area contributed by atoms with Crippen molar-refractivity contribution in [3.05, 3.63) is 34.2 Å². The number of aromatic nitrogens is 2. The van der Waals surface area contributed by atoms with Crippen LogP contribution < -0.4 is 11.0 Å². The van der Waals surface area contributed by atoms with E-state index >= 15 is 0 Å². The fourth-order valence-corrected chi connectivity index (χ4v) is 2.15. The first-order chi connectivity index (χ1) is 9.47. The van der Waals surface area contributed by atoms with Gasteiger partial charge in [-0.2, -0.15) is 0 Å². The molecule has 0 aliphatic heterocycles. The van der Waals surface area contributed by atoms with Crippen LogP contribution in [0.5, 0.6) is 0 Å². The molecule has 0 aliphatic carbocycles. The smallest absolute Gasteiger partial charge is 0.309 e. The summed E-state index contributed by atoms with van der Waals surface area (Å²) >= 11 is 0. The molecule has 20 heavy (non-hydrogen) atoms. The van der Waals surface area contributed by atoms with E-state index in [9.17, 15) is 4.79 Å². The first-order valence-corrected chi connectivity index (χ1v) is 7.13. The minimum atomic E-state index is -0.156. The monoisotopic (exact) mass is 276 g/mol. The maximum absolute atomic E-state index is 11.2. The highest BCUT2D eigenvalue weighted by atomic mass is 16.1. The van der Waals surface area contributed by atoms with E-state index in [1.54, 1.807) is 0 Å². The summed E-state index contributed by atoms with van der Waals surface area (Å²) in [5, 5.41) is 3.51. The van der Waals surface area contributed by atoms with E-state index in [1.165, 1.54) is 5.56 Å². The van der Waals surface area contributed by atoms with Crippen molar-refractivity contribution < 1.29 is 0 Å². The largest absolute Gasteiger partial charge is 0.323 e. The van der Waals surface area contributed by atoms with Gasteiger partial charge in [-0.1, -0.05) is 6.07 Å². The molecular formula is C15H24N4O. The van der Waals surface area contributed by atoms with Gasteiger partial charge in [0.25, 0.3) is 0 Å². The first kappa shape index (κ1) is 14.8. The number of fused-ring (bicyclic) bond motifs is 1. The van der Waals surface area contributed by atoms with E-state index < -0.39 is 0 Å². The Morgan fingerprint density at radius 2 is 1.90 bits per heavy atom. The molecule has 2 aromatic rings. The summed E-state index contributed by atoms with van der Waals surface area (Å²) in [6.07, 6.45) is 0. The van der Waals surface area contributed by atoms with Gasteiger partial charge in [0, 0.05) is 25.2 Å². The van der Waals surface area contributed by atoms with Crippen molar-refractivity contribution in [3.8, 4) is 0 Å². The number of nitrogens with one attached hydrogen (secondary N) is 3. The Hall–Kier alpha value is -1.59. The second-order valence-electron chi connectivity index (χ2n) is 5.63. The maximum Gasteiger partial charge on any atom is 0.323 e. The molecule has 2 rings (SSSR count). The molecule has 3 N–H and O–H groups in total. The molecule has 0 amide bonds. The third kappa shape index (κ3) is 3.49. The van der Waals surface area contributed by atoms with Crippen molar-refractivity contribution in [2.75, 3.05) is 20.1 Å². The lowest BCUT2D eigenvalue weighted by Crippen LogP contribution is -2.34. The third-order valence-electron chi connectivity index (χ3n) is 3.84. The van der Waals surface area contributed by atoms with E-state index in [-0.39, 0.29) is 11.7 Å². The number of hydrogen-bond donors (Lipinski definition) is 3. The second kappa shape index (κ2) is 6.24. The van der Waals surface area contributed by atoms with Crippen molar-refractivity contribution >= 4 is 11.0 Å². The molecule has 0 saturated heterocycles. The van der Waals surface area contributed by atoms with E-state index in [4.69, 9.17) is 0 Å². The van der Waals surface area contributed by atoms with Gasteiger partial charge in [0.1, 0.15) is 0 Å². The van der Waals surface area contributed by atoms with Gasteiger partial charge in [-0.3, -0.25) is 0 Å². The third-order valence-corrected chi connectivity index (χ3v) is 3.84. The summed E-state index contributed by atoms with van der Waals surface area (Å²) < 4.78 is 0. The topological polar surface area (TPSA) is 63.9 Å². The standard InChI is InChI=1S/C15H24N4O/c1-10(2)19(4)8-7-16-11(3)12-5-6-13-14(9-12)18-15(20)17-13/h5-6,9-11,16H,7-8H2,1-4H3,(H2,17,18,20). The van der Waals surface area contributed by atoms with Crippen LogP contribution >= 0.6 is 0 Å². The Morgan fingerprint density at radius 1 is 1.20 bits per heavy atom. The second-order valence-corrected chi connectivity index (χ2v) is 5.63. The number of imidazole rings is 1. The molecule has 0 saturated carbocycles. The number of likely N-dealkylation sites (N-methyl/N-ethyl adjacent to an activating group) is 1. The van der Waals surface area contributed by atoms with Gasteiger partial charge >= 0.3 is 5.69 Å². The number of hydrogen-bond acceptors (Lipinski definition) is 3. The lowest BCUT2D eigenvalue weighted by atomic mass is 10.1. The van der Waals surface area contributed by atoms with E-state index in [2.05, 4.69) is 54.1 Å². The summed E-state index contributed by atoms with van der Waals surface area (Å²) in [5.74, 6) is 0. The van der Waals surface area contributed by atoms with Crippen LogP contribution in [0.15, 0.2) is 23.0 Å². The van der Waals surface area contributed by atoms with Gasteiger partial charge in [-0.25, -0.2) is 4.79 Å². The summed E-state index contributed by atoms with van der Waals surface area (Å²) in [6.45, 7) is 8.49. The average Bonchev–Trinajstić information content (AvgIpc) is 2.77. The summed E-state index contributed by atoms with van der Waals surface area (Å²) in [5.41, 5.74) is 2.74. The van der Waals surface area contributed by atoms with Crippen molar-refractivity contribution in [1.29, 1.82) is 0 Å². The molecule has 5 nitrogen and oxygen atoms in total. The molecule has 1 aromatic heterocycles. The Balaban J connectivity index is 1.96. The molecule has 1 heterocycles. The highest BCUT2D eigenvalue weighted by molar-refractivity contribution is 5.75. The van der Waals surface area contributed by atoms with Crippen LogP contribution in [0.25, 0.3) is 11.0 Å². The Labute approximate surface area is 119 Å². The number of H-pyrrole nitrogens is 2. The molecule has 0 radical (unpaired) electrons. The van der Waals surface area contributed by atoms with Gasteiger partial charge in [0.2, 0.25) is 0 Å². The van der Waals surface area contributed by atoms with Crippen LogP contribution in [-0.2, 0) is 0 Å². The Kier molecular flexibility index (Phi) is 4.62. The fourth-order valence-electron chi connectivity index (χ4n) is 2.15. The van der Waals surface area contributed by atoms with Crippen molar-refractivity contribution in [2.45, 2.75) is 32.9 Å². The number of nitrogens with zero attached hydrogens (tertiary/aromatic N) is 1. The molecule has 5 heteroatoms. The van der Waals surface area contributed by atoms with E-state index in [0.717, 1.165) is 24.1 Å². The van der Waals surface area contributed by atoms with E-state index in [1.807, 2.05) is 12.1 Å². The van der Waals surface area contributed by atoms with Crippen LogP contribution in [0.2, 0.25) is 0 Å². The quantitative estimate of drug-likeness (QED) is 0.754. The van der Waals surface area contributed by atoms with E-state index in [0.29, 0.717) is 6.04 Å². The van der Waals surface area contributed by atoms with Crippen molar-refractivity contribution in [2.24, 2.45) is 0 Å². The molecule has 1 aromatic carbocycles. The predicted octanol–water partition coefficient (Wildman–Crippen LogP) is 1.85. The van der Waals surface area contributed by atoms with Crippen LogP contribution in [0.1, 0.15) is 32.4 Å². The zero-order valence-corrected chi connectivity index (χ0v) is 12.7. The first-order valence-electron chi connectivity index (χ1n) is 7.13. The van der Waals surface area contributed by atoms with Crippen molar-refractivity contribution in [1.82, 2.24) is 20.2 Å². The normalized spacial score (nSPS) is 13.5. The molecule has 0 spiro atoms. The average molecular weight is 276 g/mol. The van der Waals surface area contributed by atoms with Gasteiger partial charge in [0.05, 0.1) is 11.0 Å². The molecule has 1 atom stereocenters. The fraction of sp³-hybridized carbons (Fsp3) is 0.533. The number of benzene rings is 1. The lowest BCUT2D eigenvalue weighted by molar-refractivity contribution is 0.270. The van der Waals surface area contributed by atoms with Crippen LogP contribution in [0.4, 0.5) is 0 Å². The van der Waals surface area contributed by atoms with Gasteiger partial charge in [-0.05, 0) is 45.5 Å². The summed E-state index contributed by atoms with van der Waals surface area (Å²) in [7, 11) is 2.13.